The maximum Gasteiger partial charge on any atom is 0.338 e. The van der Waals surface area contributed by atoms with Crippen LogP contribution < -0.4 is 0 Å². The van der Waals surface area contributed by atoms with Crippen LogP contribution >= 0.6 is 0 Å². The predicted molar refractivity (Wildman–Crippen MR) is 61.2 cm³/mol. The number of carbonyl (C=O) groups excluding carboxylic acids is 2. The summed E-state index contributed by atoms with van der Waals surface area (Å²) in [5.74, 6) is -0.306. The zero-order valence-corrected chi connectivity index (χ0v) is 8.96. The third-order valence-corrected chi connectivity index (χ3v) is 1.97. The van der Waals surface area contributed by atoms with Gasteiger partial charge in [0, 0.05) is 0 Å². The summed E-state index contributed by atoms with van der Waals surface area (Å²) in [6.45, 7) is 0.372. The minimum atomic E-state index is -0.306. The second-order valence-corrected chi connectivity index (χ2v) is 3.21. The van der Waals surface area contributed by atoms with Crippen LogP contribution in [-0.2, 0) is 9.53 Å². The van der Waals surface area contributed by atoms with Crippen LogP contribution in [0.2, 0.25) is 0 Å². The molecule has 0 heterocycles. The number of aldehydes is 1. The lowest BCUT2D eigenvalue weighted by atomic mass is 10.2. The number of benzene rings is 1. The minimum absolute atomic E-state index is 0.306. The van der Waals surface area contributed by atoms with Crippen molar-refractivity contribution in [2.45, 2.75) is 12.8 Å². The summed E-state index contributed by atoms with van der Waals surface area (Å²) in [4.78, 5) is 21.4. The summed E-state index contributed by atoms with van der Waals surface area (Å²) in [6, 6.07) is 8.87. The Morgan fingerprint density at radius 3 is 2.69 bits per heavy atom. The summed E-state index contributed by atoms with van der Waals surface area (Å²) in [5.41, 5.74) is 0.561. The van der Waals surface area contributed by atoms with Crippen molar-refractivity contribution in [3.05, 3.63) is 48.0 Å². The molecule has 0 amide bonds. The molecule has 0 unspecified atom stereocenters. The number of ether oxygens (including phenoxy) is 1. The van der Waals surface area contributed by atoms with Gasteiger partial charge < -0.3 is 4.74 Å². The lowest BCUT2D eigenvalue weighted by molar-refractivity contribution is -0.104. The molecule has 0 spiro atoms. The van der Waals surface area contributed by atoms with Gasteiger partial charge in [0.1, 0.15) is 6.29 Å². The zero-order valence-electron chi connectivity index (χ0n) is 8.96. The van der Waals surface area contributed by atoms with E-state index in [1.165, 1.54) is 6.08 Å². The molecule has 0 aliphatic rings. The largest absolute Gasteiger partial charge is 0.462 e. The van der Waals surface area contributed by atoms with Gasteiger partial charge in [-0.15, -0.1) is 0 Å². The number of hydrogen-bond donors (Lipinski definition) is 0. The van der Waals surface area contributed by atoms with Crippen LogP contribution in [0.1, 0.15) is 23.2 Å². The average Bonchev–Trinajstić information content (AvgIpc) is 2.34. The lowest BCUT2D eigenvalue weighted by Crippen LogP contribution is -2.05. The maximum absolute atomic E-state index is 11.4. The Bertz CT molecular complexity index is 355. The fourth-order valence-electron chi connectivity index (χ4n) is 1.18. The monoisotopic (exact) mass is 218 g/mol. The van der Waals surface area contributed by atoms with E-state index in [2.05, 4.69) is 0 Å². The van der Waals surface area contributed by atoms with Crippen molar-refractivity contribution in [2.75, 3.05) is 6.61 Å². The molecule has 1 rings (SSSR count). The van der Waals surface area contributed by atoms with Gasteiger partial charge in [0.25, 0.3) is 0 Å². The molecule has 0 aliphatic carbocycles. The van der Waals surface area contributed by atoms with Crippen molar-refractivity contribution in [1.29, 1.82) is 0 Å². The molecule has 16 heavy (non-hydrogen) atoms. The Balaban J connectivity index is 2.21. The van der Waals surface area contributed by atoms with Crippen molar-refractivity contribution in [3.63, 3.8) is 0 Å². The van der Waals surface area contributed by atoms with E-state index in [0.717, 1.165) is 19.1 Å². The molecule has 3 nitrogen and oxygen atoms in total. The number of rotatable bonds is 6. The average molecular weight is 218 g/mol. The van der Waals surface area contributed by atoms with E-state index in [-0.39, 0.29) is 5.97 Å². The molecule has 0 radical (unpaired) electrons. The maximum atomic E-state index is 11.4. The fourth-order valence-corrected chi connectivity index (χ4v) is 1.18. The number of allylic oxidation sites excluding steroid dienone is 2. The number of carbonyl (C=O) groups is 2. The van der Waals surface area contributed by atoms with Crippen LogP contribution in [-0.4, -0.2) is 18.9 Å². The Morgan fingerprint density at radius 2 is 2.00 bits per heavy atom. The van der Waals surface area contributed by atoms with E-state index >= 15 is 0 Å². The molecule has 0 N–H and O–H groups in total. The highest BCUT2D eigenvalue weighted by atomic mass is 16.5. The molecular formula is C13H14O3. The zero-order chi connectivity index (χ0) is 11.6. The fraction of sp³-hybridized carbons (Fsp3) is 0.231. The van der Waals surface area contributed by atoms with Crippen molar-refractivity contribution < 1.29 is 14.3 Å². The van der Waals surface area contributed by atoms with Gasteiger partial charge in [-0.3, -0.25) is 4.79 Å². The van der Waals surface area contributed by atoms with Gasteiger partial charge in [-0.25, -0.2) is 4.79 Å². The highest BCUT2D eigenvalue weighted by Crippen LogP contribution is 2.02. The number of esters is 1. The van der Waals surface area contributed by atoms with Gasteiger partial charge >= 0.3 is 5.97 Å². The van der Waals surface area contributed by atoms with E-state index in [1.807, 2.05) is 6.07 Å². The number of unbranched alkanes of at least 4 members (excludes halogenated alkanes) is 1. The van der Waals surface area contributed by atoms with Crippen molar-refractivity contribution in [1.82, 2.24) is 0 Å². The predicted octanol–water partition coefficient (Wildman–Crippen LogP) is 2.38. The lowest BCUT2D eigenvalue weighted by Gasteiger charge is -2.02. The minimum Gasteiger partial charge on any atom is -0.462 e. The van der Waals surface area contributed by atoms with Crippen LogP contribution in [0.5, 0.6) is 0 Å². The molecule has 0 saturated heterocycles. The molecule has 0 fully saturated rings. The quantitative estimate of drug-likeness (QED) is 0.318. The van der Waals surface area contributed by atoms with Crippen molar-refractivity contribution in [2.24, 2.45) is 0 Å². The van der Waals surface area contributed by atoms with Crippen LogP contribution in [0.15, 0.2) is 42.5 Å². The van der Waals surface area contributed by atoms with Crippen LogP contribution in [0.25, 0.3) is 0 Å². The Hall–Kier alpha value is -1.90. The SMILES string of the molecule is O=C/C=C/CCCOC(=O)c1ccccc1. The molecule has 0 aromatic heterocycles. The first-order chi connectivity index (χ1) is 7.84. The highest BCUT2D eigenvalue weighted by molar-refractivity contribution is 5.89. The molecular weight excluding hydrogens is 204 g/mol. The first kappa shape index (κ1) is 12.2. The van der Waals surface area contributed by atoms with Gasteiger partial charge in [-0.1, -0.05) is 24.3 Å². The van der Waals surface area contributed by atoms with Gasteiger partial charge in [-0.2, -0.15) is 0 Å². The summed E-state index contributed by atoms with van der Waals surface area (Å²) >= 11 is 0. The Morgan fingerprint density at radius 1 is 1.25 bits per heavy atom. The van der Waals surface area contributed by atoms with Crippen LogP contribution in [0.4, 0.5) is 0 Å². The van der Waals surface area contributed by atoms with Crippen molar-refractivity contribution >= 4 is 12.3 Å². The Labute approximate surface area is 94.7 Å². The summed E-state index contributed by atoms with van der Waals surface area (Å²) in [7, 11) is 0. The molecule has 1 aromatic carbocycles. The molecule has 0 atom stereocenters. The molecule has 0 saturated carbocycles. The van der Waals surface area contributed by atoms with Gasteiger partial charge in [-0.05, 0) is 31.1 Å². The molecule has 84 valence electrons. The van der Waals surface area contributed by atoms with E-state index < -0.39 is 0 Å². The smallest absolute Gasteiger partial charge is 0.338 e. The molecule has 3 heteroatoms. The second kappa shape index (κ2) is 7.40. The highest BCUT2D eigenvalue weighted by Gasteiger charge is 2.04. The standard InChI is InChI=1S/C13H14O3/c14-10-6-1-2-7-11-16-13(15)12-8-4-3-5-9-12/h1,3-6,8-10H,2,7,11H2/b6-1+. The third-order valence-electron chi connectivity index (χ3n) is 1.97. The third kappa shape index (κ3) is 4.55. The van der Waals surface area contributed by atoms with E-state index in [0.29, 0.717) is 12.2 Å². The van der Waals surface area contributed by atoms with Crippen LogP contribution in [0.3, 0.4) is 0 Å². The van der Waals surface area contributed by atoms with Crippen molar-refractivity contribution in [3.8, 4) is 0 Å². The first-order valence-corrected chi connectivity index (χ1v) is 5.17. The normalized spacial score (nSPS) is 10.2. The second-order valence-electron chi connectivity index (χ2n) is 3.21. The summed E-state index contributed by atoms with van der Waals surface area (Å²) in [5, 5.41) is 0. The molecule has 0 bridgehead atoms. The number of hydrogen-bond acceptors (Lipinski definition) is 3. The van der Waals surface area contributed by atoms with Crippen LogP contribution in [0, 0.1) is 0 Å². The van der Waals surface area contributed by atoms with Gasteiger partial charge in [0.05, 0.1) is 12.2 Å². The molecule has 0 aliphatic heterocycles. The van der Waals surface area contributed by atoms with Gasteiger partial charge in [0.2, 0.25) is 0 Å². The Kier molecular flexibility index (Phi) is 5.63. The molecule has 1 aromatic rings. The topological polar surface area (TPSA) is 43.4 Å². The van der Waals surface area contributed by atoms with E-state index in [4.69, 9.17) is 4.74 Å². The van der Waals surface area contributed by atoms with E-state index in [1.54, 1.807) is 30.3 Å². The summed E-state index contributed by atoms with van der Waals surface area (Å²) in [6.07, 6.45) is 5.39. The van der Waals surface area contributed by atoms with Gasteiger partial charge in [0.15, 0.2) is 0 Å². The van der Waals surface area contributed by atoms with E-state index in [9.17, 15) is 9.59 Å². The first-order valence-electron chi connectivity index (χ1n) is 5.17. The summed E-state index contributed by atoms with van der Waals surface area (Å²) < 4.78 is 5.05.